The molecular weight excluding hydrogens is 342 g/mol. The summed E-state index contributed by atoms with van der Waals surface area (Å²) in [5, 5.41) is 7.37. The predicted molar refractivity (Wildman–Crippen MR) is 105 cm³/mol. The molecule has 1 atom stereocenters. The molecule has 150 valence electrons. The highest BCUT2D eigenvalue weighted by Crippen LogP contribution is 2.39. The third kappa shape index (κ3) is 5.26. The van der Waals surface area contributed by atoms with Gasteiger partial charge in [-0.3, -0.25) is 4.99 Å². The van der Waals surface area contributed by atoms with Gasteiger partial charge >= 0.3 is 0 Å². The molecule has 1 aromatic rings. The molecule has 1 saturated carbocycles. The van der Waals surface area contributed by atoms with Crippen LogP contribution in [0.3, 0.4) is 0 Å². The summed E-state index contributed by atoms with van der Waals surface area (Å²) in [5.74, 6) is 1.92. The van der Waals surface area contributed by atoms with Crippen LogP contribution in [0.1, 0.15) is 57.1 Å². The zero-order chi connectivity index (χ0) is 18.4. The van der Waals surface area contributed by atoms with E-state index in [1.165, 1.54) is 25.7 Å². The Morgan fingerprint density at radius 3 is 2.63 bits per heavy atom. The minimum absolute atomic E-state index is 0.119. The van der Waals surface area contributed by atoms with Gasteiger partial charge in [0.05, 0.1) is 11.9 Å². The molecule has 1 aromatic heterocycles. The lowest BCUT2D eigenvalue weighted by Gasteiger charge is -2.39. The highest BCUT2D eigenvalue weighted by atomic mass is 16.5. The number of furan rings is 1. The van der Waals surface area contributed by atoms with Crippen LogP contribution < -0.4 is 10.6 Å². The second kappa shape index (κ2) is 9.11. The van der Waals surface area contributed by atoms with E-state index in [0.29, 0.717) is 12.1 Å². The van der Waals surface area contributed by atoms with Crippen molar-refractivity contribution in [2.45, 2.75) is 75.5 Å². The lowest BCUT2D eigenvalue weighted by atomic mass is 9.89. The third-order valence-electron chi connectivity index (χ3n) is 6.12. The van der Waals surface area contributed by atoms with Crippen molar-refractivity contribution in [3.05, 3.63) is 24.2 Å². The molecule has 3 fully saturated rings. The summed E-state index contributed by atoms with van der Waals surface area (Å²) in [4.78, 5) is 4.85. The molecule has 1 spiro atoms. The summed E-state index contributed by atoms with van der Waals surface area (Å²) in [6.07, 6.45) is 11.8. The fourth-order valence-electron chi connectivity index (χ4n) is 4.61. The van der Waals surface area contributed by atoms with Crippen molar-refractivity contribution in [1.29, 1.82) is 0 Å². The number of aliphatic imine (C=N–C) groups is 1. The quantitative estimate of drug-likeness (QED) is 0.612. The van der Waals surface area contributed by atoms with Gasteiger partial charge in [0.15, 0.2) is 5.96 Å². The molecule has 1 aliphatic carbocycles. The van der Waals surface area contributed by atoms with Crippen LogP contribution in [0.4, 0.5) is 0 Å². The van der Waals surface area contributed by atoms with Gasteiger partial charge in [0, 0.05) is 44.9 Å². The van der Waals surface area contributed by atoms with E-state index in [1.54, 1.807) is 6.26 Å². The standard InChI is InChI=1S/C21H33N3O3/c1-2-10-21(9-1)16-18(8-15-27-21)24-20(23-17-6-13-25-14-7-17)22-11-5-19-4-3-12-26-19/h3-4,12,17-18H,1-2,5-11,13-16H2,(H2,22,23,24). The predicted octanol–water partition coefficient (Wildman–Crippen LogP) is 3.03. The van der Waals surface area contributed by atoms with Gasteiger partial charge in [0.2, 0.25) is 0 Å². The molecule has 6 heteroatoms. The van der Waals surface area contributed by atoms with Crippen LogP contribution in [0, 0.1) is 0 Å². The number of ether oxygens (including phenoxy) is 2. The number of hydrogen-bond acceptors (Lipinski definition) is 4. The average molecular weight is 376 g/mol. The zero-order valence-corrected chi connectivity index (χ0v) is 16.3. The molecular formula is C21H33N3O3. The monoisotopic (exact) mass is 375 g/mol. The SMILES string of the molecule is c1coc(CCN=C(NC2CCOCC2)NC2CCOC3(CCCC3)C2)c1. The molecule has 4 rings (SSSR count). The highest BCUT2D eigenvalue weighted by Gasteiger charge is 2.40. The number of hydrogen-bond donors (Lipinski definition) is 2. The van der Waals surface area contributed by atoms with Crippen LogP contribution in [0.15, 0.2) is 27.8 Å². The van der Waals surface area contributed by atoms with Crippen LogP contribution in [0.5, 0.6) is 0 Å². The van der Waals surface area contributed by atoms with Crippen molar-refractivity contribution < 1.29 is 13.9 Å². The van der Waals surface area contributed by atoms with E-state index in [9.17, 15) is 0 Å². The fourth-order valence-corrected chi connectivity index (χ4v) is 4.61. The van der Waals surface area contributed by atoms with Crippen molar-refractivity contribution >= 4 is 5.96 Å². The Morgan fingerprint density at radius 1 is 1.07 bits per heavy atom. The fraction of sp³-hybridized carbons (Fsp3) is 0.762. The van der Waals surface area contributed by atoms with Gasteiger partial charge in [-0.2, -0.15) is 0 Å². The first-order valence-electron chi connectivity index (χ1n) is 10.6. The lowest BCUT2D eigenvalue weighted by Crippen LogP contribution is -2.53. The van der Waals surface area contributed by atoms with Crippen molar-refractivity contribution in [1.82, 2.24) is 10.6 Å². The first kappa shape index (κ1) is 18.8. The first-order valence-corrected chi connectivity index (χ1v) is 10.6. The summed E-state index contributed by atoms with van der Waals surface area (Å²) in [5.41, 5.74) is 0.119. The van der Waals surface area contributed by atoms with E-state index < -0.39 is 0 Å². The molecule has 6 nitrogen and oxygen atoms in total. The smallest absolute Gasteiger partial charge is 0.191 e. The second-order valence-corrected chi connectivity index (χ2v) is 8.16. The molecule has 0 aromatic carbocycles. The summed E-state index contributed by atoms with van der Waals surface area (Å²) in [6, 6.07) is 4.82. The van der Waals surface area contributed by atoms with Gasteiger partial charge in [-0.05, 0) is 50.7 Å². The third-order valence-corrected chi connectivity index (χ3v) is 6.12. The van der Waals surface area contributed by atoms with Crippen molar-refractivity contribution in [3.63, 3.8) is 0 Å². The average Bonchev–Trinajstić information content (AvgIpc) is 3.35. The van der Waals surface area contributed by atoms with Gasteiger partial charge in [-0.1, -0.05) is 12.8 Å². The maximum atomic E-state index is 6.19. The molecule has 3 aliphatic rings. The van der Waals surface area contributed by atoms with Gasteiger partial charge in [0.1, 0.15) is 5.76 Å². The second-order valence-electron chi connectivity index (χ2n) is 8.16. The normalized spacial score (nSPS) is 26.4. The summed E-state index contributed by atoms with van der Waals surface area (Å²) in [6.45, 7) is 3.24. The maximum absolute atomic E-state index is 6.19. The topological polar surface area (TPSA) is 68.0 Å². The Morgan fingerprint density at radius 2 is 1.85 bits per heavy atom. The Balaban J connectivity index is 1.36. The maximum Gasteiger partial charge on any atom is 0.191 e. The molecule has 2 N–H and O–H groups in total. The van der Waals surface area contributed by atoms with Gasteiger partial charge in [-0.25, -0.2) is 0 Å². The Labute approximate surface area is 162 Å². The van der Waals surface area contributed by atoms with E-state index in [0.717, 1.165) is 70.2 Å². The number of nitrogens with zero attached hydrogens (tertiary/aromatic N) is 1. The van der Waals surface area contributed by atoms with Gasteiger partial charge in [-0.15, -0.1) is 0 Å². The van der Waals surface area contributed by atoms with E-state index in [2.05, 4.69) is 10.6 Å². The minimum atomic E-state index is 0.119. The van der Waals surface area contributed by atoms with Crippen LogP contribution >= 0.6 is 0 Å². The molecule has 27 heavy (non-hydrogen) atoms. The van der Waals surface area contributed by atoms with Crippen molar-refractivity contribution in [2.24, 2.45) is 4.99 Å². The molecule has 2 aliphatic heterocycles. The molecule has 0 bridgehead atoms. The lowest BCUT2D eigenvalue weighted by molar-refractivity contribution is -0.0815. The van der Waals surface area contributed by atoms with Gasteiger partial charge in [0.25, 0.3) is 0 Å². The van der Waals surface area contributed by atoms with E-state index >= 15 is 0 Å². The number of nitrogens with one attached hydrogen (secondary N) is 2. The largest absolute Gasteiger partial charge is 0.469 e. The van der Waals surface area contributed by atoms with E-state index in [-0.39, 0.29) is 5.60 Å². The highest BCUT2D eigenvalue weighted by molar-refractivity contribution is 5.80. The Kier molecular flexibility index (Phi) is 6.35. The number of rotatable bonds is 5. The molecule has 2 saturated heterocycles. The van der Waals surface area contributed by atoms with E-state index in [4.69, 9.17) is 18.9 Å². The summed E-state index contributed by atoms with van der Waals surface area (Å²) >= 11 is 0. The van der Waals surface area contributed by atoms with Gasteiger partial charge < -0.3 is 24.5 Å². The Bertz CT molecular complexity index is 590. The van der Waals surface area contributed by atoms with Crippen LogP contribution in [-0.4, -0.2) is 50.0 Å². The summed E-state index contributed by atoms with van der Waals surface area (Å²) < 4.78 is 17.1. The van der Waals surface area contributed by atoms with Crippen molar-refractivity contribution in [2.75, 3.05) is 26.4 Å². The molecule has 0 amide bonds. The molecule has 1 unspecified atom stereocenters. The minimum Gasteiger partial charge on any atom is -0.469 e. The Hall–Kier alpha value is -1.53. The van der Waals surface area contributed by atoms with E-state index in [1.807, 2.05) is 12.1 Å². The molecule has 0 radical (unpaired) electrons. The van der Waals surface area contributed by atoms with Crippen LogP contribution in [-0.2, 0) is 15.9 Å². The molecule has 3 heterocycles. The number of guanidine groups is 1. The first-order chi connectivity index (χ1) is 13.3. The summed E-state index contributed by atoms with van der Waals surface area (Å²) in [7, 11) is 0. The van der Waals surface area contributed by atoms with Crippen molar-refractivity contribution in [3.8, 4) is 0 Å². The zero-order valence-electron chi connectivity index (χ0n) is 16.3. The van der Waals surface area contributed by atoms with Crippen LogP contribution in [0.25, 0.3) is 0 Å². The van der Waals surface area contributed by atoms with Crippen LogP contribution in [0.2, 0.25) is 0 Å².